The van der Waals surface area contributed by atoms with E-state index in [4.69, 9.17) is 14.0 Å². The molecule has 0 aliphatic carbocycles. The zero-order valence-electron chi connectivity index (χ0n) is 14.0. The first kappa shape index (κ1) is 16.0. The van der Waals surface area contributed by atoms with Crippen LogP contribution in [0.3, 0.4) is 0 Å². The molecule has 1 saturated heterocycles. The minimum Gasteiger partial charge on any atom is -0.465 e. The first-order valence-electron chi connectivity index (χ1n) is 7.55. The van der Waals surface area contributed by atoms with Gasteiger partial charge in [0.2, 0.25) is 5.91 Å². The summed E-state index contributed by atoms with van der Waals surface area (Å²) in [5.74, 6) is -0.641. The van der Waals surface area contributed by atoms with Gasteiger partial charge in [0.25, 0.3) is 0 Å². The zero-order valence-corrected chi connectivity index (χ0v) is 14.0. The number of amides is 1. The summed E-state index contributed by atoms with van der Waals surface area (Å²) in [6.45, 7) is 7.86. The highest BCUT2D eigenvalue weighted by Gasteiger charge is 2.52. The highest BCUT2D eigenvalue weighted by Crippen LogP contribution is 2.37. The summed E-state index contributed by atoms with van der Waals surface area (Å²) >= 11 is 0. The van der Waals surface area contributed by atoms with Gasteiger partial charge in [-0.2, -0.15) is 0 Å². The second kappa shape index (κ2) is 5.07. The summed E-state index contributed by atoms with van der Waals surface area (Å²) in [6.07, 6.45) is 0.229. The average molecular weight is 317 g/mol. The number of carbonyl (C=O) groups excluding carboxylic acids is 2. The van der Waals surface area contributed by atoms with E-state index in [-0.39, 0.29) is 12.3 Å². The summed E-state index contributed by atoms with van der Waals surface area (Å²) < 4.78 is 16.9. The van der Waals surface area contributed by atoms with Crippen molar-refractivity contribution < 1.29 is 23.6 Å². The van der Waals surface area contributed by atoms with Crippen LogP contribution in [0, 0.1) is 0 Å². The van der Waals surface area contributed by atoms with Gasteiger partial charge in [0, 0.05) is 0 Å². The molecular weight excluding hydrogens is 297 g/mol. The first-order valence-corrected chi connectivity index (χ1v) is 7.55. The third-order valence-corrected chi connectivity index (χ3v) is 4.79. The molecule has 3 rings (SSSR count). The Morgan fingerprint density at radius 2 is 1.83 bits per heavy atom. The van der Waals surface area contributed by atoms with Crippen molar-refractivity contribution in [1.82, 2.24) is 0 Å². The number of hydrogen-bond donors (Lipinski definition) is 1. The standard InChI is InChI=1S/C16H20BNO5/c1-15(2)16(3,4)23-17(22-15)10-6-9-7-12(19)18-13(9)11(8-10)14(20)21-5/h6,8H,7H2,1-5H3,(H,18,19). The zero-order chi connectivity index (χ0) is 17.0. The van der Waals surface area contributed by atoms with E-state index >= 15 is 0 Å². The van der Waals surface area contributed by atoms with Crippen molar-refractivity contribution in [2.45, 2.75) is 45.3 Å². The molecule has 1 fully saturated rings. The van der Waals surface area contributed by atoms with Gasteiger partial charge >= 0.3 is 13.1 Å². The molecular formula is C16H20BNO5. The molecule has 2 aliphatic rings. The second-order valence-electron chi connectivity index (χ2n) is 6.91. The largest absolute Gasteiger partial charge is 0.494 e. The van der Waals surface area contributed by atoms with Crippen LogP contribution in [0.2, 0.25) is 0 Å². The molecule has 23 heavy (non-hydrogen) atoms. The van der Waals surface area contributed by atoms with Gasteiger partial charge in [0.15, 0.2) is 0 Å². The molecule has 1 N–H and O–H groups in total. The maximum Gasteiger partial charge on any atom is 0.494 e. The average Bonchev–Trinajstić information content (AvgIpc) is 2.93. The maximum atomic E-state index is 12.0. The van der Waals surface area contributed by atoms with Crippen molar-refractivity contribution in [2.24, 2.45) is 0 Å². The fraction of sp³-hybridized carbons (Fsp3) is 0.500. The van der Waals surface area contributed by atoms with E-state index < -0.39 is 24.3 Å². The Morgan fingerprint density at radius 3 is 2.39 bits per heavy atom. The lowest BCUT2D eigenvalue weighted by atomic mass is 9.77. The minimum atomic E-state index is -0.593. The van der Waals surface area contributed by atoms with Crippen molar-refractivity contribution in [3.05, 3.63) is 23.3 Å². The fourth-order valence-corrected chi connectivity index (χ4v) is 2.76. The highest BCUT2D eigenvalue weighted by atomic mass is 16.7. The van der Waals surface area contributed by atoms with Gasteiger partial charge < -0.3 is 19.4 Å². The predicted octanol–water partition coefficient (Wildman–Crippen LogP) is 1.27. The highest BCUT2D eigenvalue weighted by molar-refractivity contribution is 6.62. The minimum absolute atomic E-state index is 0.142. The van der Waals surface area contributed by atoms with Crippen molar-refractivity contribution in [3.8, 4) is 0 Å². The third-order valence-electron chi connectivity index (χ3n) is 4.79. The SMILES string of the molecule is COC(=O)c1cc(B2OC(C)(C)C(C)(C)O2)cc2c1NC(=O)C2. The number of benzene rings is 1. The van der Waals surface area contributed by atoms with Crippen molar-refractivity contribution in [2.75, 3.05) is 12.4 Å². The number of esters is 1. The van der Waals surface area contributed by atoms with Crippen molar-refractivity contribution >= 4 is 30.1 Å². The Bertz CT molecular complexity index is 682. The van der Waals surface area contributed by atoms with E-state index in [1.807, 2.05) is 33.8 Å². The molecule has 0 spiro atoms. The van der Waals surface area contributed by atoms with Crippen LogP contribution in [0.1, 0.15) is 43.6 Å². The summed E-state index contributed by atoms with van der Waals surface area (Å²) in [7, 11) is 0.719. The third kappa shape index (κ3) is 2.54. The molecule has 7 heteroatoms. The van der Waals surface area contributed by atoms with E-state index in [1.54, 1.807) is 6.07 Å². The molecule has 0 atom stereocenters. The van der Waals surface area contributed by atoms with Crippen LogP contribution in [0.15, 0.2) is 12.1 Å². The van der Waals surface area contributed by atoms with Crippen LogP contribution in [-0.2, 0) is 25.3 Å². The van der Waals surface area contributed by atoms with Gasteiger partial charge in [0.1, 0.15) is 0 Å². The van der Waals surface area contributed by atoms with Gasteiger partial charge in [-0.3, -0.25) is 4.79 Å². The molecule has 2 aliphatic heterocycles. The molecule has 1 aromatic rings. The van der Waals surface area contributed by atoms with Gasteiger partial charge in [0.05, 0.1) is 36.0 Å². The molecule has 0 bridgehead atoms. The molecule has 0 radical (unpaired) electrons. The van der Waals surface area contributed by atoms with Gasteiger partial charge in [-0.05, 0) is 44.8 Å². The summed E-state index contributed by atoms with van der Waals surface area (Å²) in [4.78, 5) is 23.7. The van der Waals surface area contributed by atoms with E-state index in [0.717, 1.165) is 5.56 Å². The molecule has 1 aromatic carbocycles. The monoisotopic (exact) mass is 317 g/mol. The number of fused-ring (bicyclic) bond motifs is 1. The number of hydrogen-bond acceptors (Lipinski definition) is 5. The predicted molar refractivity (Wildman–Crippen MR) is 85.8 cm³/mol. The lowest BCUT2D eigenvalue weighted by Crippen LogP contribution is -2.41. The molecule has 0 unspecified atom stereocenters. The summed E-state index contributed by atoms with van der Waals surface area (Å²) in [6, 6.07) is 3.51. The molecule has 122 valence electrons. The molecule has 6 nitrogen and oxygen atoms in total. The van der Waals surface area contributed by atoms with Crippen LogP contribution in [0.4, 0.5) is 5.69 Å². The Labute approximate surface area is 135 Å². The van der Waals surface area contributed by atoms with Crippen LogP contribution in [0.25, 0.3) is 0 Å². The Morgan fingerprint density at radius 1 is 1.22 bits per heavy atom. The normalized spacial score (nSPS) is 21.1. The van der Waals surface area contributed by atoms with Gasteiger partial charge in [-0.25, -0.2) is 4.79 Å². The van der Waals surface area contributed by atoms with Crippen LogP contribution in [0.5, 0.6) is 0 Å². The van der Waals surface area contributed by atoms with Crippen LogP contribution >= 0.6 is 0 Å². The lowest BCUT2D eigenvalue weighted by Gasteiger charge is -2.32. The maximum absolute atomic E-state index is 12.0. The van der Waals surface area contributed by atoms with Crippen LogP contribution < -0.4 is 10.8 Å². The summed E-state index contributed by atoms with van der Waals surface area (Å²) in [5.41, 5.74) is 1.34. The second-order valence-corrected chi connectivity index (χ2v) is 6.91. The lowest BCUT2D eigenvalue weighted by molar-refractivity contribution is -0.115. The number of anilines is 1. The summed E-state index contributed by atoms with van der Waals surface area (Å²) in [5, 5.41) is 2.71. The number of nitrogens with one attached hydrogen (secondary N) is 1. The number of carbonyl (C=O) groups is 2. The van der Waals surface area contributed by atoms with Crippen molar-refractivity contribution in [1.29, 1.82) is 0 Å². The Hall–Kier alpha value is -1.86. The molecule has 0 aromatic heterocycles. The quantitative estimate of drug-likeness (QED) is 0.657. The van der Waals surface area contributed by atoms with E-state index in [0.29, 0.717) is 16.7 Å². The van der Waals surface area contributed by atoms with Crippen molar-refractivity contribution in [3.63, 3.8) is 0 Å². The van der Waals surface area contributed by atoms with E-state index in [2.05, 4.69) is 5.32 Å². The molecule has 2 heterocycles. The first-order chi connectivity index (χ1) is 10.6. The number of rotatable bonds is 2. The smallest absolute Gasteiger partial charge is 0.465 e. The van der Waals surface area contributed by atoms with Gasteiger partial charge in [-0.1, -0.05) is 6.07 Å². The van der Waals surface area contributed by atoms with Crippen LogP contribution in [-0.4, -0.2) is 37.3 Å². The topological polar surface area (TPSA) is 73.9 Å². The van der Waals surface area contributed by atoms with E-state index in [1.165, 1.54) is 7.11 Å². The molecule has 1 amide bonds. The number of ether oxygens (including phenoxy) is 1. The molecule has 0 saturated carbocycles. The van der Waals surface area contributed by atoms with E-state index in [9.17, 15) is 9.59 Å². The van der Waals surface area contributed by atoms with Gasteiger partial charge in [-0.15, -0.1) is 0 Å². The Kier molecular flexibility index (Phi) is 3.53. The fourth-order valence-electron chi connectivity index (χ4n) is 2.76. The number of methoxy groups -OCH3 is 1. The Balaban J connectivity index is 2.04.